The second-order valence-corrected chi connectivity index (χ2v) is 8.94. The standard InChI is InChI=1S/C23H34N4O2/c24-19-8-15-27(16-9-19)20-10-13-26(14-11-20)12-7-17-1-3-18(4-2-17)21-5-6-22(28)25-23(21)29/h1-4,19-21H,5-16,24H2,(H,25,28,29). The van der Waals surface area contributed by atoms with Crippen LogP contribution in [0.15, 0.2) is 24.3 Å². The second kappa shape index (κ2) is 9.37. The highest BCUT2D eigenvalue weighted by Gasteiger charge is 2.28. The number of hydrogen-bond acceptors (Lipinski definition) is 5. The predicted octanol–water partition coefficient (Wildman–Crippen LogP) is 1.64. The maximum absolute atomic E-state index is 12.0. The van der Waals surface area contributed by atoms with Crippen molar-refractivity contribution in [1.82, 2.24) is 15.1 Å². The Hall–Kier alpha value is -1.76. The van der Waals surface area contributed by atoms with Crippen LogP contribution in [0.2, 0.25) is 0 Å². The number of nitrogens with zero attached hydrogens (tertiary/aromatic N) is 2. The van der Waals surface area contributed by atoms with Crippen LogP contribution >= 0.6 is 0 Å². The normalized spacial score (nSPS) is 25.9. The van der Waals surface area contributed by atoms with Gasteiger partial charge < -0.3 is 15.5 Å². The molecule has 4 rings (SSSR count). The maximum atomic E-state index is 12.0. The summed E-state index contributed by atoms with van der Waals surface area (Å²) in [7, 11) is 0. The van der Waals surface area contributed by atoms with Crippen molar-refractivity contribution < 1.29 is 9.59 Å². The number of rotatable bonds is 5. The lowest BCUT2D eigenvalue weighted by Crippen LogP contribution is -2.49. The van der Waals surface area contributed by atoms with E-state index in [0.29, 0.717) is 18.9 Å². The Morgan fingerprint density at radius 2 is 1.62 bits per heavy atom. The zero-order valence-electron chi connectivity index (χ0n) is 17.3. The van der Waals surface area contributed by atoms with Gasteiger partial charge in [0.1, 0.15) is 0 Å². The molecule has 158 valence electrons. The third-order valence-corrected chi connectivity index (χ3v) is 6.99. The Bertz CT molecular complexity index is 704. The monoisotopic (exact) mass is 398 g/mol. The van der Waals surface area contributed by atoms with Crippen LogP contribution in [0, 0.1) is 0 Å². The van der Waals surface area contributed by atoms with Gasteiger partial charge in [0.2, 0.25) is 11.8 Å². The van der Waals surface area contributed by atoms with Gasteiger partial charge in [0, 0.05) is 25.0 Å². The SMILES string of the molecule is NC1CCN(C2CCN(CCc3ccc(C4CCC(=O)NC4=O)cc3)CC2)CC1. The van der Waals surface area contributed by atoms with E-state index in [2.05, 4.69) is 39.4 Å². The minimum Gasteiger partial charge on any atom is -0.328 e. The van der Waals surface area contributed by atoms with Gasteiger partial charge in [-0.25, -0.2) is 0 Å². The molecular formula is C23H34N4O2. The highest BCUT2D eigenvalue weighted by Crippen LogP contribution is 2.25. The van der Waals surface area contributed by atoms with Crippen LogP contribution in [-0.2, 0) is 16.0 Å². The number of likely N-dealkylation sites (tertiary alicyclic amines) is 2. The van der Waals surface area contributed by atoms with Crippen LogP contribution in [0.1, 0.15) is 55.6 Å². The molecule has 3 aliphatic rings. The minimum atomic E-state index is -0.190. The van der Waals surface area contributed by atoms with E-state index in [-0.39, 0.29) is 17.7 Å². The minimum absolute atomic E-state index is 0.157. The fourth-order valence-corrected chi connectivity index (χ4v) is 5.01. The average molecular weight is 399 g/mol. The number of imide groups is 1. The number of benzene rings is 1. The van der Waals surface area contributed by atoms with E-state index >= 15 is 0 Å². The first-order chi connectivity index (χ1) is 14.1. The van der Waals surface area contributed by atoms with Gasteiger partial charge in [-0.2, -0.15) is 0 Å². The van der Waals surface area contributed by atoms with Gasteiger partial charge in [-0.05, 0) is 75.8 Å². The number of carbonyl (C=O) groups is 2. The summed E-state index contributed by atoms with van der Waals surface area (Å²) in [6.45, 7) is 5.80. The van der Waals surface area contributed by atoms with Crippen molar-refractivity contribution in [3.63, 3.8) is 0 Å². The average Bonchev–Trinajstić information content (AvgIpc) is 2.74. The lowest BCUT2D eigenvalue weighted by molar-refractivity contribution is -0.134. The summed E-state index contributed by atoms with van der Waals surface area (Å²) in [4.78, 5) is 28.6. The Morgan fingerprint density at radius 3 is 2.28 bits per heavy atom. The van der Waals surface area contributed by atoms with Gasteiger partial charge in [0.05, 0.1) is 5.92 Å². The predicted molar refractivity (Wildman–Crippen MR) is 114 cm³/mol. The highest BCUT2D eigenvalue weighted by molar-refractivity contribution is 6.00. The summed E-state index contributed by atoms with van der Waals surface area (Å²) < 4.78 is 0. The molecule has 6 heteroatoms. The first-order valence-corrected chi connectivity index (χ1v) is 11.2. The number of hydrogen-bond donors (Lipinski definition) is 2. The molecule has 6 nitrogen and oxygen atoms in total. The summed E-state index contributed by atoms with van der Waals surface area (Å²) in [5, 5.41) is 2.45. The third-order valence-electron chi connectivity index (χ3n) is 6.99. The molecule has 29 heavy (non-hydrogen) atoms. The lowest BCUT2D eigenvalue weighted by atomic mass is 9.90. The molecule has 1 aromatic carbocycles. The van der Waals surface area contributed by atoms with Gasteiger partial charge in [0.15, 0.2) is 0 Å². The topological polar surface area (TPSA) is 78.7 Å². The van der Waals surface area contributed by atoms with Crippen LogP contribution in [0.5, 0.6) is 0 Å². The van der Waals surface area contributed by atoms with E-state index in [4.69, 9.17) is 5.73 Å². The van der Waals surface area contributed by atoms with Crippen LogP contribution in [-0.4, -0.2) is 66.4 Å². The Balaban J connectivity index is 1.21. The number of amides is 2. The first-order valence-electron chi connectivity index (χ1n) is 11.2. The zero-order chi connectivity index (χ0) is 20.2. The van der Waals surface area contributed by atoms with Crippen molar-refractivity contribution >= 4 is 11.8 Å². The van der Waals surface area contributed by atoms with E-state index in [0.717, 1.165) is 37.4 Å². The lowest BCUT2D eigenvalue weighted by Gasteiger charge is -2.41. The summed E-state index contributed by atoms with van der Waals surface area (Å²) in [5.74, 6) is -0.506. The van der Waals surface area contributed by atoms with Crippen molar-refractivity contribution in [2.45, 2.75) is 62.9 Å². The largest absolute Gasteiger partial charge is 0.328 e. The van der Waals surface area contributed by atoms with Crippen LogP contribution < -0.4 is 11.1 Å². The quantitative estimate of drug-likeness (QED) is 0.737. The van der Waals surface area contributed by atoms with Crippen molar-refractivity contribution in [2.24, 2.45) is 5.73 Å². The molecule has 3 saturated heterocycles. The number of nitrogens with one attached hydrogen (secondary N) is 1. The molecule has 1 unspecified atom stereocenters. The number of carbonyl (C=O) groups excluding carboxylic acids is 2. The molecule has 3 heterocycles. The first kappa shape index (κ1) is 20.5. The second-order valence-electron chi connectivity index (χ2n) is 8.94. The Kier molecular flexibility index (Phi) is 6.63. The van der Waals surface area contributed by atoms with Gasteiger partial charge >= 0.3 is 0 Å². The van der Waals surface area contributed by atoms with Gasteiger partial charge in [-0.3, -0.25) is 14.9 Å². The summed E-state index contributed by atoms with van der Waals surface area (Å²) in [6, 6.07) is 9.55. The fraction of sp³-hybridized carbons (Fsp3) is 0.652. The Labute approximate surface area is 173 Å². The van der Waals surface area contributed by atoms with Crippen LogP contribution in [0.25, 0.3) is 0 Å². The van der Waals surface area contributed by atoms with Crippen molar-refractivity contribution in [3.05, 3.63) is 35.4 Å². The molecule has 1 aromatic rings. The van der Waals surface area contributed by atoms with E-state index < -0.39 is 0 Å². The van der Waals surface area contributed by atoms with Crippen molar-refractivity contribution in [1.29, 1.82) is 0 Å². The molecular weight excluding hydrogens is 364 g/mol. The van der Waals surface area contributed by atoms with Gasteiger partial charge in [-0.15, -0.1) is 0 Å². The van der Waals surface area contributed by atoms with Crippen molar-refractivity contribution in [2.75, 3.05) is 32.7 Å². The molecule has 0 bridgehead atoms. The molecule has 0 saturated carbocycles. The molecule has 3 N–H and O–H groups in total. The Morgan fingerprint density at radius 1 is 0.931 bits per heavy atom. The van der Waals surface area contributed by atoms with E-state index in [1.807, 2.05) is 0 Å². The molecule has 3 fully saturated rings. The van der Waals surface area contributed by atoms with Crippen LogP contribution in [0.4, 0.5) is 0 Å². The summed E-state index contributed by atoms with van der Waals surface area (Å²) in [6.07, 6.45) is 6.91. The summed E-state index contributed by atoms with van der Waals surface area (Å²) in [5.41, 5.74) is 8.37. The van der Waals surface area contributed by atoms with Crippen molar-refractivity contribution in [3.8, 4) is 0 Å². The zero-order valence-corrected chi connectivity index (χ0v) is 17.3. The third kappa shape index (κ3) is 5.24. The molecule has 0 radical (unpaired) electrons. The van der Waals surface area contributed by atoms with Gasteiger partial charge in [-0.1, -0.05) is 24.3 Å². The molecule has 0 aliphatic carbocycles. The number of nitrogens with two attached hydrogens (primary N) is 1. The maximum Gasteiger partial charge on any atom is 0.234 e. The number of piperidine rings is 3. The summed E-state index contributed by atoms with van der Waals surface area (Å²) >= 11 is 0. The molecule has 1 atom stereocenters. The molecule has 2 amide bonds. The van der Waals surface area contributed by atoms with Gasteiger partial charge in [0.25, 0.3) is 0 Å². The molecule has 0 aromatic heterocycles. The molecule has 0 spiro atoms. The fourth-order valence-electron chi connectivity index (χ4n) is 5.01. The molecule has 3 aliphatic heterocycles. The van der Waals surface area contributed by atoms with E-state index in [1.165, 1.54) is 44.6 Å². The van der Waals surface area contributed by atoms with Crippen LogP contribution in [0.3, 0.4) is 0 Å². The highest BCUT2D eigenvalue weighted by atomic mass is 16.2. The smallest absolute Gasteiger partial charge is 0.234 e. The van der Waals surface area contributed by atoms with E-state index in [1.54, 1.807) is 0 Å². The van der Waals surface area contributed by atoms with E-state index in [9.17, 15) is 9.59 Å².